The van der Waals surface area contributed by atoms with Gasteiger partial charge in [-0.05, 0) is 23.8 Å². The van der Waals surface area contributed by atoms with E-state index >= 15 is 0 Å². The van der Waals surface area contributed by atoms with Crippen LogP contribution in [0.5, 0.6) is 5.75 Å². The number of hydrogen-bond acceptors (Lipinski definition) is 3. The van der Waals surface area contributed by atoms with Crippen molar-refractivity contribution in [1.29, 1.82) is 0 Å². The van der Waals surface area contributed by atoms with Gasteiger partial charge in [-0.3, -0.25) is 9.59 Å². The Morgan fingerprint density at radius 3 is 2.63 bits per heavy atom. The van der Waals surface area contributed by atoms with Crippen LogP contribution in [0, 0.1) is 0 Å². The lowest BCUT2D eigenvalue weighted by Gasteiger charge is -2.10. The lowest BCUT2D eigenvalue weighted by Crippen LogP contribution is -2.06. The smallest absolute Gasteiger partial charge is 0.221 e. The second-order valence-corrected chi connectivity index (χ2v) is 4.12. The van der Waals surface area contributed by atoms with E-state index in [1.807, 2.05) is 18.2 Å². The van der Waals surface area contributed by atoms with Crippen LogP contribution in [0.25, 0.3) is 11.1 Å². The van der Waals surface area contributed by atoms with Crippen molar-refractivity contribution in [3.05, 3.63) is 48.0 Å². The molecule has 2 aromatic carbocycles. The first kappa shape index (κ1) is 12.8. The molecule has 19 heavy (non-hydrogen) atoms. The first-order valence-corrected chi connectivity index (χ1v) is 5.77. The number of aldehydes is 1. The second-order valence-electron chi connectivity index (χ2n) is 4.12. The van der Waals surface area contributed by atoms with E-state index < -0.39 is 0 Å². The molecule has 2 rings (SSSR count). The van der Waals surface area contributed by atoms with Crippen LogP contribution in [-0.4, -0.2) is 17.3 Å². The van der Waals surface area contributed by atoms with E-state index in [0.29, 0.717) is 12.0 Å². The molecule has 0 aliphatic carbocycles. The molecular formula is C15H13NO3. The van der Waals surface area contributed by atoms with Gasteiger partial charge in [0.15, 0.2) is 6.29 Å². The summed E-state index contributed by atoms with van der Waals surface area (Å²) in [5.41, 5.74) is 2.43. The fraction of sp³-hybridized carbons (Fsp3) is 0.0667. The van der Waals surface area contributed by atoms with Crippen LogP contribution in [0.1, 0.15) is 17.3 Å². The van der Waals surface area contributed by atoms with Crippen molar-refractivity contribution < 1.29 is 14.7 Å². The number of carbonyl (C=O) groups excluding carboxylic acids is 2. The fourth-order valence-corrected chi connectivity index (χ4v) is 1.85. The van der Waals surface area contributed by atoms with Gasteiger partial charge in [0.1, 0.15) is 5.75 Å². The van der Waals surface area contributed by atoms with Gasteiger partial charge in [-0.15, -0.1) is 0 Å². The highest BCUT2D eigenvalue weighted by Crippen LogP contribution is 2.30. The first-order valence-electron chi connectivity index (χ1n) is 5.77. The van der Waals surface area contributed by atoms with Crippen molar-refractivity contribution in [1.82, 2.24) is 0 Å². The van der Waals surface area contributed by atoms with Gasteiger partial charge in [0, 0.05) is 18.2 Å². The van der Waals surface area contributed by atoms with Gasteiger partial charge in [0.05, 0.1) is 5.56 Å². The van der Waals surface area contributed by atoms with Gasteiger partial charge in [-0.25, -0.2) is 0 Å². The third-order valence-corrected chi connectivity index (χ3v) is 2.70. The predicted molar refractivity (Wildman–Crippen MR) is 73.2 cm³/mol. The molecule has 0 aliphatic rings. The lowest BCUT2D eigenvalue weighted by molar-refractivity contribution is -0.114. The molecule has 1 amide bonds. The summed E-state index contributed by atoms with van der Waals surface area (Å²) in [6.45, 7) is 1.43. The number of carbonyl (C=O) groups is 2. The highest BCUT2D eigenvalue weighted by molar-refractivity contribution is 5.94. The summed E-state index contributed by atoms with van der Waals surface area (Å²) in [5, 5.41) is 12.2. The van der Waals surface area contributed by atoms with Crippen LogP contribution in [0.4, 0.5) is 5.69 Å². The SMILES string of the molecule is CC(=O)Nc1ccccc1-c1ccc(O)c(C=O)c1. The Morgan fingerprint density at radius 1 is 1.21 bits per heavy atom. The highest BCUT2D eigenvalue weighted by Gasteiger charge is 2.08. The molecule has 0 bridgehead atoms. The molecule has 0 aliphatic heterocycles. The van der Waals surface area contributed by atoms with Crippen LogP contribution in [0.3, 0.4) is 0 Å². The van der Waals surface area contributed by atoms with E-state index in [2.05, 4.69) is 5.32 Å². The first-order chi connectivity index (χ1) is 9.11. The normalized spacial score (nSPS) is 9.95. The Bertz CT molecular complexity index is 635. The maximum absolute atomic E-state index is 11.2. The molecule has 2 N–H and O–H groups in total. The maximum Gasteiger partial charge on any atom is 0.221 e. The number of anilines is 1. The van der Waals surface area contributed by atoms with E-state index in [0.717, 1.165) is 11.1 Å². The average Bonchev–Trinajstić information content (AvgIpc) is 2.39. The number of phenols is 1. The van der Waals surface area contributed by atoms with Crippen molar-refractivity contribution >= 4 is 17.9 Å². The van der Waals surface area contributed by atoms with Crippen molar-refractivity contribution in [3.63, 3.8) is 0 Å². The van der Waals surface area contributed by atoms with Gasteiger partial charge in [-0.2, -0.15) is 0 Å². The number of rotatable bonds is 3. The fourth-order valence-electron chi connectivity index (χ4n) is 1.85. The molecule has 0 saturated heterocycles. The van der Waals surface area contributed by atoms with Crippen molar-refractivity contribution in [2.45, 2.75) is 6.92 Å². The van der Waals surface area contributed by atoms with E-state index in [1.165, 1.54) is 13.0 Å². The Morgan fingerprint density at radius 2 is 1.95 bits per heavy atom. The van der Waals surface area contributed by atoms with Gasteiger partial charge >= 0.3 is 0 Å². The topological polar surface area (TPSA) is 66.4 Å². The number of aromatic hydroxyl groups is 1. The molecule has 0 radical (unpaired) electrons. The minimum absolute atomic E-state index is 0.0595. The zero-order valence-corrected chi connectivity index (χ0v) is 10.4. The Hall–Kier alpha value is -2.62. The number of nitrogens with one attached hydrogen (secondary N) is 1. The second kappa shape index (κ2) is 5.35. The van der Waals surface area contributed by atoms with Gasteiger partial charge in [0.25, 0.3) is 0 Å². The average molecular weight is 255 g/mol. The summed E-state index contributed by atoms with van der Waals surface area (Å²) in [4.78, 5) is 22.0. The molecule has 0 unspecified atom stereocenters. The molecule has 2 aromatic rings. The Labute approximate surface area is 110 Å². The van der Waals surface area contributed by atoms with Gasteiger partial charge in [0.2, 0.25) is 5.91 Å². The van der Waals surface area contributed by atoms with Crippen LogP contribution >= 0.6 is 0 Å². The largest absolute Gasteiger partial charge is 0.507 e. The maximum atomic E-state index is 11.2. The molecule has 96 valence electrons. The summed E-state index contributed by atoms with van der Waals surface area (Å²) in [6.07, 6.45) is 0.597. The summed E-state index contributed by atoms with van der Waals surface area (Å²) >= 11 is 0. The summed E-state index contributed by atoms with van der Waals surface area (Å²) in [5.74, 6) is -0.224. The zero-order valence-electron chi connectivity index (χ0n) is 10.4. The predicted octanol–water partition coefficient (Wildman–Crippen LogP) is 2.83. The summed E-state index contributed by atoms with van der Waals surface area (Å²) in [6, 6.07) is 12.0. The minimum atomic E-state index is -0.165. The summed E-state index contributed by atoms with van der Waals surface area (Å²) < 4.78 is 0. The van der Waals surface area contributed by atoms with E-state index in [4.69, 9.17) is 0 Å². The number of para-hydroxylation sites is 1. The monoisotopic (exact) mass is 255 g/mol. The minimum Gasteiger partial charge on any atom is -0.507 e. The number of amides is 1. The van der Waals surface area contributed by atoms with E-state index in [-0.39, 0.29) is 17.2 Å². The number of phenolic OH excluding ortho intramolecular Hbond substituents is 1. The number of benzene rings is 2. The molecule has 0 heterocycles. The molecule has 0 atom stereocenters. The third-order valence-electron chi connectivity index (χ3n) is 2.70. The molecular weight excluding hydrogens is 242 g/mol. The van der Waals surface area contributed by atoms with Crippen LogP contribution < -0.4 is 5.32 Å². The van der Waals surface area contributed by atoms with Crippen LogP contribution in [0.2, 0.25) is 0 Å². The molecule has 0 saturated carbocycles. The van der Waals surface area contributed by atoms with E-state index in [1.54, 1.807) is 18.2 Å². The van der Waals surface area contributed by atoms with Crippen LogP contribution in [-0.2, 0) is 4.79 Å². The molecule has 4 nitrogen and oxygen atoms in total. The molecule has 0 aromatic heterocycles. The van der Waals surface area contributed by atoms with Crippen molar-refractivity contribution in [2.24, 2.45) is 0 Å². The molecule has 0 fully saturated rings. The zero-order chi connectivity index (χ0) is 13.8. The van der Waals surface area contributed by atoms with E-state index in [9.17, 15) is 14.7 Å². The standard InChI is InChI=1S/C15H13NO3/c1-10(18)16-14-5-3-2-4-13(14)11-6-7-15(19)12(8-11)9-17/h2-9,19H,1H3,(H,16,18). The van der Waals surface area contributed by atoms with Gasteiger partial charge < -0.3 is 10.4 Å². The number of hydrogen-bond donors (Lipinski definition) is 2. The molecule has 0 spiro atoms. The van der Waals surface area contributed by atoms with Crippen molar-refractivity contribution in [2.75, 3.05) is 5.32 Å². The summed E-state index contributed by atoms with van der Waals surface area (Å²) in [7, 11) is 0. The third kappa shape index (κ3) is 2.80. The van der Waals surface area contributed by atoms with Gasteiger partial charge in [-0.1, -0.05) is 24.3 Å². The molecule has 4 heteroatoms. The van der Waals surface area contributed by atoms with Crippen molar-refractivity contribution in [3.8, 4) is 16.9 Å². The quantitative estimate of drug-likeness (QED) is 0.829. The van der Waals surface area contributed by atoms with Crippen LogP contribution in [0.15, 0.2) is 42.5 Å². The lowest BCUT2D eigenvalue weighted by atomic mass is 10.0. The highest BCUT2D eigenvalue weighted by atomic mass is 16.3. The Balaban J connectivity index is 2.52. The Kier molecular flexibility index (Phi) is 3.61.